The molecule has 0 aliphatic rings. The monoisotopic (exact) mass is 488 g/mol. The van der Waals surface area contributed by atoms with Crippen LogP contribution in [0.5, 0.6) is 0 Å². The molecule has 2 aromatic rings. The van der Waals surface area contributed by atoms with E-state index in [-0.39, 0.29) is 15.5 Å². The van der Waals surface area contributed by atoms with Crippen molar-refractivity contribution in [1.29, 1.82) is 0 Å². The third-order valence-electron chi connectivity index (χ3n) is 3.80. The molecular weight excluding hydrogens is 464 g/mol. The zero-order valence-corrected chi connectivity index (χ0v) is 19.5. The van der Waals surface area contributed by atoms with Gasteiger partial charge in [0.25, 0.3) is 10.0 Å². The molecule has 0 aliphatic carbocycles. The predicted octanol–water partition coefficient (Wildman–Crippen LogP) is 5.13. The number of hydrogen-bond donors (Lipinski definition) is 2. The number of carbonyl (C=O) groups is 1. The fourth-order valence-corrected chi connectivity index (χ4v) is 5.91. The number of hydrogen-bond acceptors (Lipinski definition) is 5. The van der Waals surface area contributed by atoms with Gasteiger partial charge in [0.15, 0.2) is 0 Å². The number of nitrogens with one attached hydrogen (secondary N) is 1. The molecule has 0 atom stereocenters. The van der Waals surface area contributed by atoms with Crippen LogP contribution < -0.4 is 9.62 Å². The molecule has 0 bridgehead atoms. The normalized spacial score (nSPS) is 11.8. The predicted molar refractivity (Wildman–Crippen MR) is 118 cm³/mol. The Bertz CT molecular complexity index is 929. The van der Waals surface area contributed by atoms with Gasteiger partial charge in [-0.3, -0.25) is 4.72 Å². The van der Waals surface area contributed by atoms with Gasteiger partial charge in [-0.15, -0.1) is 11.3 Å². The van der Waals surface area contributed by atoms with Gasteiger partial charge in [-0.05, 0) is 58.1 Å². The van der Waals surface area contributed by atoms with Crippen LogP contribution in [0, 0.1) is 11.8 Å². The van der Waals surface area contributed by atoms with Crippen molar-refractivity contribution >= 4 is 54.6 Å². The standard InChI is InChI=1S/C19H25BrN2O4S2/c1-12(2)10-22(11-13(3)4)16-6-5-14(9-15(16)19(23)24)21-28(25,26)18-8-7-17(20)27-18/h5-9,12-13,21H,10-11H2,1-4H3,(H,23,24). The zero-order valence-electron chi connectivity index (χ0n) is 16.3. The molecule has 2 N–H and O–H groups in total. The van der Waals surface area contributed by atoms with E-state index < -0.39 is 16.0 Å². The van der Waals surface area contributed by atoms with Crippen LogP contribution in [0.1, 0.15) is 38.1 Å². The molecule has 28 heavy (non-hydrogen) atoms. The van der Waals surface area contributed by atoms with Crippen LogP contribution >= 0.6 is 27.3 Å². The lowest BCUT2D eigenvalue weighted by Crippen LogP contribution is -2.32. The number of thiophene rings is 1. The lowest BCUT2D eigenvalue weighted by atomic mass is 10.1. The molecule has 0 unspecified atom stereocenters. The van der Waals surface area contributed by atoms with Gasteiger partial charge in [0, 0.05) is 18.8 Å². The van der Waals surface area contributed by atoms with Gasteiger partial charge >= 0.3 is 5.97 Å². The van der Waals surface area contributed by atoms with E-state index in [1.165, 1.54) is 12.1 Å². The van der Waals surface area contributed by atoms with E-state index in [1.807, 2.05) is 4.90 Å². The summed E-state index contributed by atoms with van der Waals surface area (Å²) in [5.74, 6) is -0.376. The Kier molecular flexibility index (Phi) is 7.52. The second-order valence-electron chi connectivity index (χ2n) is 7.39. The SMILES string of the molecule is CC(C)CN(CC(C)C)c1ccc(NS(=O)(=O)c2ccc(Br)s2)cc1C(=O)O. The number of benzene rings is 1. The number of halogens is 1. The van der Waals surface area contributed by atoms with Crippen LogP contribution in [0.15, 0.2) is 38.3 Å². The Morgan fingerprint density at radius 2 is 1.75 bits per heavy atom. The molecule has 6 nitrogen and oxygen atoms in total. The first-order valence-corrected chi connectivity index (χ1v) is 12.0. The molecule has 0 fully saturated rings. The van der Waals surface area contributed by atoms with Crippen LogP contribution in [0.4, 0.5) is 11.4 Å². The van der Waals surface area contributed by atoms with Crippen molar-refractivity contribution in [1.82, 2.24) is 0 Å². The molecule has 1 aromatic heterocycles. The minimum absolute atomic E-state index is 0.0776. The largest absolute Gasteiger partial charge is 0.478 e. The highest BCUT2D eigenvalue weighted by atomic mass is 79.9. The van der Waals surface area contributed by atoms with Crippen molar-refractivity contribution in [3.8, 4) is 0 Å². The van der Waals surface area contributed by atoms with Crippen LogP contribution in [0.3, 0.4) is 0 Å². The fourth-order valence-electron chi connectivity index (χ4n) is 2.85. The molecule has 9 heteroatoms. The Morgan fingerprint density at radius 1 is 1.14 bits per heavy atom. The van der Waals surface area contributed by atoms with Crippen LogP contribution in [0.2, 0.25) is 0 Å². The minimum atomic E-state index is -3.77. The Labute approximate surface area is 178 Å². The van der Waals surface area contributed by atoms with Gasteiger partial charge in [0.1, 0.15) is 4.21 Å². The van der Waals surface area contributed by atoms with Gasteiger partial charge < -0.3 is 10.0 Å². The summed E-state index contributed by atoms with van der Waals surface area (Å²) in [6, 6.07) is 7.81. The van der Waals surface area contributed by atoms with Crippen molar-refractivity contribution in [2.75, 3.05) is 22.7 Å². The van der Waals surface area contributed by atoms with E-state index in [4.69, 9.17) is 0 Å². The van der Waals surface area contributed by atoms with E-state index in [0.29, 0.717) is 34.4 Å². The molecular formula is C19H25BrN2O4S2. The van der Waals surface area contributed by atoms with E-state index in [1.54, 1.807) is 18.2 Å². The third kappa shape index (κ3) is 5.96. The summed E-state index contributed by atoms with van der Waals surface area (Å²) in [5.41, 5.74) is 0.894. The molecule has 154 valence electrons. The van der Waals surface area contributed by atoms with Gasteiger partial charge in [-0.1, -0.05) is 27.7 Å². The van der Waals surface area contributed by atoms with Crippen molar-refractivity contribution in [3.05, 3.63) is 39.7 Å². The second kappa shape index (κ2) is 9.28. The van der Waals surface area contributed by atoms with E-state index in [9.17, 15) is 18.3 Å². The first-order valence-electron chi connectivity index (χ1n) is 8.90. The minimum Gasteiger partial charge on any atom is -0.478 e. The van der Waals surface area contributed by atoms with Gasteiger partial charge in [0.2, 0.25) is 0 Å². The number of nitrogens with zero attached hydrogens (tertiary/aromatic N) is 1. The van der Waals surface area contributed by atoms with Gasteiger partial charge in [-0.25, -0.2) is 13.2 Å². The summed E-state index contributed by atoms with van der Waals surface area (Å²) in [6.07, 6.45) is 0. The lowest BCUT2D eigenvalue weighted by molar-refractivity contribution is 0.0697. The van der Waals surface area contributed by atoms with Crippen molar-refractivity contribution in [2.24, 2.45) is 11.8 Å². The number of rotatable bonds is 9. The summed E-state index contributed by atoms with van der Waals surface area (Å²) >= 11 is 4.34. The Morgan fingerprint density at radius 3 is 2.21 bits per heavy atom. The smallest absolute Gasteiger partial charge is 0.337 e. The van der Waals surface area contributed by atoms with E-state index in [0.717, 1.165) is 11.3 Å². The maximum Gasteiger partial charge on any atom is 0.337 e. The van der Waals surface area contributed by atoms with Crippen molar-refractivity contribution in [3.63, 3.8) is 0 Å². The fraction of sp³-hybridized carbons (Fsp3) is 0.421. The topological polar surface area (TPSA) is 86.7 Å². The Hall–Kier alpha value is -1.58. The number of carboxylic acids is 1. The zero-order chi connectivity index (χ0) is 21.1. The van der Waals surface area contributed by atoms with Crippen LogP contribution in [-0.4, -0.2) is 32.6 Å². The third-order valence-corrected chi connectivity index (χ3v) is 7.30. The molecule has 1 heterocycles. The molecule has 0 spiro atoms. The first-order chi connectivity index (χ1) is 13.0. The highest BCUT2D eigenvalue weighted by Crippen LogP contribution is 2.30. The molecule has 2 rings (SSSR count). The molecule has 0 saturated heterocycles. The second-order valence-corrected chi connectivity index (χ2v) is 11.8. The maximum atomic E-state index is 12.5. The summed E-state index contributed by atoms with van der Waals surface area (Å²) in [6.45, 7) is 9.75. The number of sulfonamides is 1. The van der Waals surface area contributed by atoms with Crippen molar-refractivity contribution in [2.45, 2.75) is 31.9 Å². The summed E-state index contributed by atoms with van der Waals surface area (Å²) in [5, 5.41) is 9.72. The van der Waals surface area contributed by atoms with E-state index in [2.05, 4.69) is 48.3 Å². The highest BCUT2D eigenvalue weighted by Gasteiger charge is 2.21. The number of anilines is 2. The molecule has 0 amide bonds. The summed E-state index contributed by atoms with van der Waals surface area (Å²) in [7, 11) is -3.77. The molecule has 0 radical (unpaired) electrons. The molecule has 0 aliphatic heterocycles. The number of carboxylic acid groups (broad SMARTS) is 1. The summed E-state index contributed by atoms with van der Waals surface area (Å²) < 4.78 is 28.4. The maximum absolute atomic E-state index is 12.5. The lowest BCUT2D eigenvalue weighted by Gasteiger charge is -2.30. The average Bonchev–Trinajstić information content (AvgIpc) is 3.00. The molecule has 1 aromatic carbocycles. The number of aromatic carboxylic acids is 1. The van der Waals surface area contributed by atoms with Gasteiger partial charge in [0.05, 0.1) is 15.0 Å². The Balaban J connectivity index is 2.40. The van der Waals surface area contributed by atoms with Crippen LogP contribution in [-0.2, 0) is 10.0 Å². The quantitative estimate of drug-likeness (QED) is 0.510. The molecule has 0 saturated carbocycles. The van der Waals surface area contributed by atoms with E-state index >= 15 is 0 Å². The van der Waals surface area contributed by atoms with Crippen molar-refractivity contribution < 1.29 is 18.3 Å². The summed E-state index contributed by atoms with van der Waals surface area (Å²) in [4.78, 5) is 13.9. The van der Waals surface area contributed by atoms with Crippen LogP contribution in [0.25, 0.3) is 0 Å². The van der Waals surface area contributed by atoms with Gasteiger partial charge in [-0.2, -0.15) is 0 Å². The highest BCUT2D eigenvalue weighted by molar-refractivity contribution is 9.11. The average molecular weight is 489 g/mol. The first kappa shape index (κ1) is 22.7.